The molecule has 1 unspecified atom stereocenters. The standard InChI is InChI=1S/C19H24ClN/c1-4-15-8-6-7-9-17(15)19(21-5-2)13-16-11-10-14(3)12-18(16)20/h6-12,19,21H,4-5,13H2,1-3H3. The Morgan fingerprint density at radius 2 is 1.81 bits per heavy atom. The molecule has 0 heterocycles. The maximum absolute atomic E-state index is 6.41. The number of benzene rings is 2. The van der Waals surface area contributed by atoms with Gasteiger partial charge in [-0.1, -0.05) is 61.8 Å². The molecule has 0 fully saturated rings. The molecule has 0 aliphatic carbocycles. The lowest BCUT2D eigenvalue weighted by Gasteiger charge is -2.22. The fourth-order valence-electron chi connectivity index (χ4n) is 2.77. The molecule has 0 amide bonds. The third-order valence-electron chi connectivity index (χ3n) is 3.89. The van der Waals surface area contributed by atoms with Gasteiger partial charge in [-0.15, -0.1) is 0 Å². The van der Waals surface area contributed by atoms with Gasteiger partial charge in [-0.25, -0.2) is 0 Å². The minimum atomic E-state index is 0.311. The number of halogens is 1. The molecule has 0 bridgehead atoms. The zero-order valence-electron chi connectivity index (χ0n) is 13.1. The van der Waals surface area contributed by atoms with E-state index < -0.39 is 0 Å². The van der Waals surface area contributed by atoms with Crippen LogP contribution >= 0.6 is 11.6 Å². The summed E-state index contributed by atoms with van der Waals surface area (Å²) in [6, 6.07) is 15.3. The van der Waals surface area contributed by atoms with E-state index in [4.69, 9.17) is 11.6 Å². The van der Waals surface area contributed by atoms with Crippen molar-refractivity contribution in [1.82, 2.24) is 5.32 Å². The summed E-state index contributed by atoms with van der Waals surface area (Å²) in [4.78, 5) is 0. The van der Waals surface area contributed by atoms with Crippen molar-refractivity contribution in [2.45, 2.75) is 39.7 Å². The molecule has 1 atom stereocenters. The number of likely N-dealkylation sites (N-methyl/N-ethyl adjacent to an activating group) is 1. The second kappa shape index (κ2) is 7.63. The van der Waals surface area contributed by atoms with E-state index in [2.05, 4.69) is 62.5 Å². The molecular formula is C19H24ClN. The second-order valence-corrected chi connectivity index (χ2v) is 5.87. The van der Waals surface area contributed by atoms with Gasteiger partial charge in [0, 0.05) is 11.1 Å². The summed E-state index contributed by atoms with van der Waals surface area (Å²) in [5, 5.41) is 4.47. The lowest BCUT2D eigenvalue weighted by Crippen LogP contribution is -2.24. The Morgan fingerprint density at radius 3 is 2.48 bits per heavy atom. The van der Waals surface area contributed by atoms with Crippen LogP contribution in [0.1, 0.15) is 42.1 Å². The Hall–Kier alpha value is -1.31. The van der Waals surface area contributed by atoms with E-state index in [0.29, 0.717) is 6.04 Å². The minimum Gasteiger partial charge on any atom is -0.310 e. The van der Waals surface area contributed by atoms with E-state index in [1.165, 1.54) is 22.3 Å². The molecule has 0 saturated carbocycles. The molecule has 0 spiro atoms. The van der Waals surface area contributed by atoms with E-state index in [9.17, 15) is 0 Å². The van der Waals surface area contributed by atoms with E-state index in [1.54, 1.807) is 0 Å². The van der Waals surface area contributed by atoms with Gasteiger partial charge < -0.3 is 5.32 Å². The summed E-state index contributed by atoms with van der Waals surface area (Å²) in [5.41, 5.74) is 5.21. The van der Waals surface area contributed by atoms with Crippen LogP contribution in [-0.4, -0.2) is 6.54 Å². The minimum absolute atomic E-state index is 0.311. The molecule has 2 aromatic carbocycles. The van der Waals surface area contributed by atoms with Crippen LogP contribution in [-0.2, 0) is 12.8 Å². The van der Waals surface area contributed by atoms with Gasteiger partial charge >= 0.3 is 0 Å². The summed E-state index contributed by atoms with van der Waals surface area (Å²) >= 11 is 6.41. The Balaban J connectivity index is 2.30. The number of rotatable bonds is 6. The van der Waals surface area contributed by atoms with Gasteiger partial charge in [0.2, 0.25) is 0 Å². The normalized spacial score (nSPS) is 12.4. The molecular weight excluding hydrogens is 278 g/mol. The van der Waals surface area contributed by atoms with Gasteiger partial charge in [-0.05, 0) is 54.6 Å². The first-order valence-electron chi connectivity index (χ1n) is 7.71. The van der Waals surface area contributed by atoms with Gasteiger partial charge in [0.05, 0.1) is 0 Å². The molecule has 2 heteroatoms. The first kappa shape index (κ1) is 16.1. The van der Waals surface area contributed by atoms with E-state index in [0.717, 1.165) is 24.4 Å². The largest absolute Gasteiger partial charge is 0.310 e. The molecule has 21 heavy (non-hydrogen) atoms. The van der Waals surface area contributed by atoms with E-state index in [1.807, 2.05) is 6.07 Å². The van der Waals surface area contributed by atoms with Crippen molar-refractivity contribution in [3.05, 3.63) is 69.7 Å². The highest BCUT2D eigenvalue weighted by Gasteiger charge is 2.15. The third kappa shape index (κ3) is 4.09. The maximum atomic E-state index is 6.41. The van der Waals surface area contributed by atoms with Crippen LogP contribution in [0.3, 0.4) is 0 Å². The highest BCUT2D eigenvalue weighted by molar-refractivity contribution is 6.31. The van der Waals surface area contributed by atoms with Gasteiger partial charge in [0.15, 0.2) is 0 Å². The van der Waals surface area contributed by atoms with Crippen molar-refractivity contribution in [2.24, 2.45) is 0 Å². The van der Waals surface area contributed by atoms with Crippen molar-refractivity contribution in [2.75, 3.05) is 6.54 Å². The predicted molar refractivity (Wildman–Crippen MR) is 92.1 cm³/mol. The molecule has 1 N–H and O–H groups in total. The topological polar surface area (TPSA) is 12.0 Å². The van der Waals surface area contributed by atoms with E-state index >= 15 is 0 Å². The lowest BCUT2D eigenvalue weighted by atomic mass is 9.93. The predicted octanol–water partition coefficient (Wildman–Crippen LogP) is 5.10. The Bertz CT molecular complexity index is 592. The summed E-state index contributed by atoms with van der Waals surface area (Å²) in [7, 11) is 0. The maximum Gasteiger partial charge on any atom is 0.0441 e. The molecule has 0 aliphatic heterocycles. The monoisotopic (exact) mass is 301 g/mol. The quantitative estimate of drug-likeness (QED) is 0.782. The number of hydrogen-bond donors (Lipinski definition) is 1. The molecule has 0 saturated heterocycles. The zero-order chi connectivity index (χ0) is 15.2. The van der Waals surface area contributed by atoms with Gasteiger partial charge in [0.1, 0.15) is 0 Å². The van der Waals surface area contributed by atoms with Gasteiger partial charge in [-0.3, -0.25) is 0 Å². The first-order valence-corrected chi connectivity index (χ1v) is 8.09. The van der Waals surface area contributed by atoms with Crippen LogP contribution < -0.4 is 5.32 Å². The van der Waals surface area contributed by atoms with Crippen molar-refractivity contribution in [3.63, 3.8) is 0 Å². The summed E-state index contributed by atoms with van der Waals surface area (Å²) in [6.45, 7) is 7.38. The molecule has 0 aromatic heterocycles. The third-order valence-corrected chi connectivity index (χ3v) is 4.25. The Kier molecular flexibility index (Phi) is 5.84. The van der Waals surface area contributed by atoms with Crippen LogP contribution in [0.2, 0.25) is 5.02 Å². The molecule has 2 rings (SSSR count). The van der Waals surface area contributed by atoms with Crippen LogP contribution in [0.25, 0.3) is 0 Å². The van der Waals surface area contributed by atoms with Crippen molar-refractivity contribution in [3.8, 4) is 0 Å². The smallest absolute Gasteiger partial charge is 0.0441 e. The summed E-state index contributed by atoms with van der Waals surface area (Å²) in [6.07, 6.45) is 1.98. The second-order valence-electron chi connectivity index (χ2n) is 5.46. The number of hydrogen-bond acceptors (Lipinski definition) is 1. The number of aryl methyl sites for hydroxylation is 2. The average Bonchev–Trinajstić information content (AvgIpc) is 2.49. The van der Waals surface area contributed by atoms with E-state index in [-0.39, 0.29) is 0 Å². The Labute approximate surface area is 133 Å². The lowest BCUT2D eigenvalue weighted by molar-refractivity contribution is 0.546. The van der Waals surface area contributed by atoms with Crippen LogP contribution in [0.4, 0.5) is 0 Å². The zero-order valence-corrected chi connectivity index (χ0v) is 13.9. The highest BCUT2D eigenvalue weighted by atomic mass is 35.5. The van der Waals surface area contributed by atoms with Crippen molar-refractivity contribution < 1.29 is 0 Å². The molecule has 0 radical (unpaired) electrons. The fraction of sp³-hybridized carbons (Fsp3) is 0.368. The van der Waals surface area contributed by atoms with Crippen LogP contribution in [0.15, 0.2) is 42.5 Å². The van der Waals surface area contributed by atoms with Crippen LogP contribution in [0, 0.1) is 6.92 Å². The van der Waals surface area contributed by atoms with Crippen LogP contribution in [0.5, 0.6) is 0 Å². The fourth-order valence-corrected chi connectivity index (χ4v) is 3.08. The van der Waals surface area contributed by atoms with Gasteiger partial charge in [-0.2, -0.15) is 0 Å². The van der Waals surface area contributed by atoms with Crippen molar-refractivity contribution in [1.29, 1.82) is 0 Å². The molecule has 1 nitrogen and oxygen atoms in total. The average molecular weight is 302 g/mol. The SMILES string of the molecule is CCNC(Cc1ccc(C)cc1Cl)c1ccccc1CC. The van der Waals surface area contributed by atoms with Gasteiger partial charge in [0.25, 0.3) is 0 Å². The summed E-state index contributed by atoms with van der Waals surface area (Å²) in [5.74, 6) is 0. The Morgan fingerprint density at radius 1 is 1.05 bits per heavy atom. The molecule has 0 aliphatic rings. The molecule has 112 valence electrons. The molecule has 2 aromatic rings. The first-order chi connectivity index (χ1) is 10.2. The number of nitrogens with one attached hydrogen (secondary N) is 1. The summed E-state index contributed by atoms with van der Waals surface area (Å²) < 4.78 is 0. The van der Waals surface area contributed by atoms with Crippen molar-refractivity contribution >= 4 is 11.6 Å². The highest BCUT2D eigenvalue weighted by Crippen LogP contribution is 2.26.